The number of aromatic nitrogens is 1. The fourth-order valence-corrected chi connectivity index (χ4v) is 3.36. The number of aryl methyl sites for hydroxylation is 1. The van der Waals surface area contributed by atoms with Gasteiger partial charge in [0, 0.05) is 50.6 Å². The molecule has 4 nitrogen and oxygen atoms in total. The van der Waals surface area contributed by atoms with Crippen LogP contribution in [-0.4, -0.2) is 35.6 Å². The van der Waals surface area contributed by atoms with Crippen LogP contribution in [0.5, 0.6) is 0 Å². The van der Waals surface area contributed by atoms with E-state index in [4.69, 9.17) is 11.6 Å². The Morgan fingerprint density at radius 1 is 1.38 bits per heavy atom. The number of benzene rings is 1. The summed E-state index contributed by atoms with van der Waals surface area (Å²) in [6.45, 7) is 0.619. The maximum atomic E-state index is 13.9. The summed E-state index contributed by atoms with van der Waals surface area (Å²) >= 11 is 6.02. The van der Waals surface area contributed by atoms with Crippen molar-refractivity contribution in [1.29, 1.82) is 0 Å². The van der Waals surface area contributed by atoms with Gasteiger partial charge in [-0.05, 0) is 24.6 Å². The molecule has 0 aliphatic heterocycles. The fraction of sp³-hybridized carbons (Fsp3) is 0.389. The molecule has 2 atom stereocenters. The van der Waals surface area contributed by atoms with E-state index in [1.54, 1.807) is 7.05 Å². The summed E-state index contributed by atoms with van der Waals surface area (Å²) in [7, 11) is 5.54. The zero-order valence-corrected chi connectivity index (χ0v) is 17.9. The summed E-state index contributed by atoms with van der Waals surface area (Å²) in [5.74, 6) is -0.468. The van der Waals surface area contributed by atoms with Crippen LogP contribution in [-0.2, 0) is 13.6 Å². The van der Waals surface area contributed by atoms with Crippen LogP contribution in [0.25, 0.3) is 0 Å². The minimum Gasteiger partial charge on any atom is -0.353 e. The van der Waals surface area contributed by atoms with Gasteiger partial charge in [0.2, 0.25) is 0 Å². The van der Waals surface area contributed by atoms with E-state index in [2.05, 4.69) is 10.3 Å². The Labute approximate surface area is 174 Å². The highest BCUT2D eigenvalue weighted by Gasteiger charge is 2.42. The lowest BCUT2D eigenvalue weighted by molar-refractivity contribution is 0.460. The van der Waals surface area contributed by atoms with Gasteiger partial charge in [-0.15, -0.1) is 24.0 Å². The molecular weight excluding hydrogens is 473 g/mol. The van der Waals surface area contributed by atoms with Crippen LogP contribution >= 0.6 is 35.6 Å². The molecule has 1 aliphatic carbocycles. The molecule has 26 heavy (non-hydrogen) atoms. The molecule has 1 heterocycles. The second-order valence-electron chi connectivity index (χ2n) is 6.39. The molecule has 2 unspecified atom stereocenters. The van der Waals surface area contributed by atoms with E-state index in [1.165, 1.54) is 18.2 Å². The van der Waals surface area contributed by atoms with Crippen molar-refractivity contribution < 1.29 is 8.78 Å². The van der Waals surface area contributed by atoms with Crippen LogP contribution in [0, 0.1) is 11.6 Å². The molecular formula is C18H22ClF2IN4. The average molecular weight is 495 g/mol. The number of aliphatic imine (C=N–C) groups is 1. The second kappa shape index (κ2) is 8.56. The van der Waals surface area contributed by atoms with E-state index >= 15 is 0 Å². The molecule has 0 bridgehead atoms. The summed E-state index contributed by atoms with van der Waals surface area (Å²) in [5.41, 5.74) is 1.20. The summed E-state index contributed by atoms with van der Waals surface area (Å²) in [6.07, 6.45) is 2.53. The van der Waals surface area contributed by atoms with Crippen molar-refractivity contribution in [2.24, 2.45) is 12.0 Å². The first-order chi connectivity index (χ1) is 11.9. The molecule has 1 fully saturated rings. The van der Waals surface area contributed by atoms with E-state index < -0.39 is 11.6 Å². The van der Waals surface area contributed by atoms with Crippen molar-refractivity contribution in [2.75, 3.05) is 14.1 Å². The van der Waals surface area contributed by atoms with Gasteiger partial charge in [-0.3, -0.25) is 4.99 Å². The SMILES string of the molecule is CN=C(NC1CC1c1c(F)cccc1F)N(C)Cc1cc(Cl)cn1C.I. The van der Waals surface area contributed by atoms with E-state index in [1.807, 2.05) is 35.8 Å². The second-order valence-corrected chi connectivity index (χ2v) is 6.83. The van der Waals surface area contributed by atoms with Crippen molar-refractivity contribution in [3.8, 4) is 0 Å². The topological polar surface area (TPSA) is 32.6 Å². The lowest BCUT2D eigenvalue weighted by Gasteiger charge is -2.22. The Morgan fingerprint density at radius 2 is 2.04 bits per heavy atom. The Hall–Kier alpha value is -1.35. The van der Waals surface area contributed by atoms with Crippen LogP contribution in [0.4, 0.5) is 8.78 Å². The molecule has 1 N–H and O–H groups in total. The van der Waals surface area contributed by atoms with Crippen LogP contribution in [0.2, 0.25) is 5.02 Å². The molecule has 1 aliphatic rings. The lowest BCUT2D eigenvalue weighted by atomic mass is 10.1. The molecule has 3 rings (SSSR count). The number of rotatable bonds is 4. The van der Waals surface area contributed by atoms with E-state index in [-0.39, 0.29) is 41.5 Å². The smallest absolute Gasteiger partial charge is 0.193 e. The monoisotopic (exact) mass is 494 g/mol. The summed E-state index contributed by atoms with van der Waals surface area (Å²) < 4.78 is 29.8. The first kappa shape index (κ1) is 21.0. The van der Waals surface area contributed by atoms with Crippen LogP contribution < -0.4 is 5.32 Å². The minimum atomic E-state index is -0.490. The van der Waals surface area contributed by atoms with Crippen molar-refractivity contribution in [2.45, 2.75) is 24.9 Å². The Morgan fingerprint density at radius 3 is 2.58 bits per heavy atom. The zero-order chi connectivity index (χ0) is 18.1. The molecule has 2 aromatic rings. The third-order valence-corrected chi connectivity index (χ3v) is 4.73. The first-order valence-electron chi connectivity index (χ1n) is 8.09. The predicted molar refractivity (Wildman–Crippen MR) is 111 cm³/mol. The molecule has 1 aromatic heterocycles. The highest BCUT2D eigenvalue weighted by Crippen LogP contribution is 2.43. The van der Waals surface area contributed by atoms with Crippen LogP contribution in [0.1, 0.15) is 23.6 Å². The normalized spacial score (nSPS) is 19.1. The van der Waals surface area contributed by atoms with Crippen molar-refractivity contribution >= 4 is 41.5 Å². The minimum absolute atomic E-state index is 0. The molecule has 0 amide bonds. The zero-order valence-electron chi connectivity index (χ0n) is 14.8. The van der Waals surface area contributed by atoms with Gasteiger partial charge in [-0.2, -0.15) is 0 Å². The quantitative estimate of drug-likeness (QED) is 0.394. The fourth-order valence-electron chi connectivity index (χ4n) is 3.09. The number of hydrogen-bond donors (Lipinski definition) is 1. The van der Waals surface area contributed by atoms with Gasteiger partial charge in [0.25, 0.3) is 0 Å². The molecule has 0 spiro atoms. The lowest BCUT2D eigenvalue weighted by Crippen LogP contribution is -2.40. The summed E-state index contributed by atoms with van der Waals surface area (Å²) in [4.78, 5) is 6.23. The Bertz CT molecular complexity index is 788. The average Bonchev–Trinajstić information content (AvgIpc) is 3.22. The highest BCUT2D eigenvalue weighted by molar-refractivity contribution is 14.0. The van der Waals surface area contributed by atoms with Gasteiger partial charge >= 0.3 is 0 Å². The van der Waals surface area contributed by atoms with Gasteiger partial charge in [0.05, 0.1) is 11.6 Å². The van der Waals surface area contributed by atoms with Crippen molar-refractivity contribution in [3.05, 3.63) is 58.4 Å². The van der Waals surface area contributed by atoms with E-state index in [0.29, 0.717) is 23.9 Å². The standard InChI is InChI=1S/C18H21ClF2N4.HI/c1-22-18(25(3)10-12-7-11(19)9-24(12)2)23-16-8-13(16)17-14(20)5-4-6-15(17)21;/h4-7,9,13,16H,8,10H2,1-3H3,(H,22,23);1H. The Kier molecular flexibility index (Phi) is 6.90. The molecule has 1 aromatic carbocycles. The first-order valence-corrected chi connectivity index (χ1v) is 8.47. The van der Waals surface area contributed by atoms with Gasteiger partial charge < -0.3 is 14.8 Å². The number of nitrogens with one attached hydrogen (secondary N) is 1. The number of nitrogens with zero attached hydrogens (tertiary/aromatic N) is 3. The molecule has 0 radical (unpaired) electrons. The predicted octanol–water partition coefficient (Wildman–Crippen LogP) is 4.14. The highest BCUT2D eigenvalue weighted by atomic mass is 127. The molecule has 1 saturated carbocycles. The van der Waals surface area contributed by atoms with Gasteiger partial charge in [0.15, 0.2) is 5.96 Å². The Balaban J connectivity index is 0.00000243. The van der Waals surface area contributed by atoms with E-state index in [0.717, 1.165) is 5.69 Å². The van der Waals surface area contributed by atoms with Gasteiger partial charge in [-0.25, -0.2) is 8.78 Å². The third kappa shape index (κ3) is 4.49. The van der Waals surface area contributed by atoms with Gasteiger partial charge in [-0.1, -0.05) is 17.7 Å². The summed E-state index contributed by atoms with van der Waals surface area (Å²) in [6, 6.07) is 5.86. The molecule has 142 valence electrons. The van der Waals surface area contributed by atoms with Crippen LogP contribution in [0.3, 0.4) is 0 Å². The largest absolute Gasteiger partial charge is 0.353 e. The molecule has 8 heteroatoms. The number of halogens is 4. The maximum absolute atomic E-state index is 13.9. The van der Waals surface area contributed by atoms with Crippen LogP contribution in [0.15, 0.2) is 35.5 Å². The van der Waals surface area contributed by atoms with Crippen molar-refractivity contribution in [1.82, 2.24) is 14.8 Å². The van der Waals surface area contributed by atoms with E-state index in [9.17, 15) is 8.78 Å². The third-order valence-electron chi connectivity index (χ3n) is 4.52. The number of hydrogen-bond acceptors (Lipinski definition) is 1. The van der Waals surface area contributed by atoms with Crippen molar-refractivity contribution in [3.63, 3.8) is 0 Å². The maximum Gasteiger partial charge on any atom is 0.193 e. The van der Waals surface area contributed by atoms with Gasteiger partial charge in [0.1, 0.15) is 11.6 Å². The summed E-state index contributed by atoms with van der Waals surface area (Å²) in [5, 5.41) is 3.98. The number of guanidine groups is 1. The molecule has 0 saturated heterocycles.